The lowest BCUT2D eigenvalue weighted by Crippen LogP contribution is -2.20. The highest BCUT2D eigenvalue weighted by Gasteiger charge is 2.18. The number of rotatable bonds is 3. The van der Waals surface area contributed by atoms with Crippen molar-refractivity contribution in [1.82, 2.24) is 4.98 Å². The number of carbonyl (C=O) groups excluding carboxylic acids is 1. The number of phenolic OH excluding ortho intramolecular Hbond substituents is 1. The zero-order valence-corrected chi connectivity index (χ0v) is 14.3. The number of anilines is 1. The number of nitrogens with one attached hydrogen (secondary N) is 1. The summed E-state index contributed by atoms with van der Waals surface area (Å²) in [6, 6.07) is 3.28. The molecule has 0 fully saturated rings. The molecule has 0 aliphatic carbocycles. The van der Waals surface area contributed by atoms with E-state index in [4.69, 9.17) is 4.42 Å². The first kappa shape index (κ1) is 16.2. The molecule has 0 bridgehead atoms. The summed E-state index contributed by atoms with van der Waals surface area (Å²) in [4.78, 5) is 28.6. The van der Waals surface area contributed by atoms with Gasteiger partial charge in [0.1, 0.15) is 11.3 Å². The number of benzene rings is 1. The molecule has 3 rings (SSSR count). The van der Waals surface area contributed by atoms with Crippen LogP contribution in [-0.2, 0) is 11.2 Å². The Bertz CT molecular complexity index is 1000. The summed E-state index contributed by atoms with van der Waals surface area (Å²) in [5, 5.41) is 15.6. The summed E-state index contributed by atoms with van der Waals surface area (Å²) in [6.07, 6.45) is -0.143. The molecule has 24 heavy (non-hydrogen) atoms. The van der Waals surface area contributed by atoms with E-state index in [2.05, 4.69) is 10.3 Å². The van der Waals surface area contributed by atoms with Gasteiger partial charge in [0.25, 0.3) is 0 Å². The first-order valence-electron chi connectivity index (χ1n) is 7.33. The Labute approximate surface area is 141 Å². The highest BCUT2D eigenvalue weighted by Crippen LogP contribution is 2.30. The van der Waals surface area contributed by atoms with Crippen LogP contribution in [0.5, 0.6) is 5.75 Å². The van der Waals surface area contributed by atoms with Crippen molar-refractivity contribution in [2.75, 3.05) is 5.32 Å². The number of hydrogen-bond acceptors (Lipinski definition) is 6. The number of aryl methyl sites for hydroxylation is 3. The lowest BCUT2D eigenvalue weighted by atomic mass is 10.0. The van der Waals surface area contributed by atoms with Gasteiger partial charge in [0.05, 0.1) is 23.1 Å². The molecule has 3 aromatic rings. The summed E-state index contributed by atoms with van der Waals surface area (Å²) < 4.78 is 5.28. The van der Waals surface area contributed by atoms with Gasteiger partial charge < -0.3 is 14.8 Å². The molecule has 0 spiro atoms. The summed E-state index contributed by atoms with van der Waals surface area (Å²) in [6.45, 7) is 5.33. The summed E-state index contributed by atoms with van der Waals surface area (Å²) in [5.41, 5.74) is 2.12. The quantitative estimate of drug-likeness (QED) is 0.712. The largest absolute Gasteiger partial charge is 0.507 e. The lowest BCUT2D eigenvalue weighted by molar-refractivity contribution is -0.115. The van der Waals surface area contributed by atoms with E-state index in [0.29, 0.717) is 21.7 Å². The number of amides is 1. The van der Waals surface area contributed by atoms with Gasteiger partial charge in [-0.25, -0.2) is 9.78 Å². The molecule has 2 N–H and O–H groups in total. The number of hydrogen-bond donors (Lipinski definition) is 2. The van der Waals surface area contributed by atoms with E-state index in [1.165, 1.54) is 11.3 Å². The van der Waals surface area contributed by atoms with E-state index in [1.54, 1.807) is 26.0 Å². The summed E-state index contributed by atoms with van der Waals surface area (Å²) in [5.74, 6) is -0.325. The van der Waals surface area contributed by atoms with Crippen molar-refractivity contribution in [3.8, 4) is 5.75 Å². The van der Waals surface area contributed by atoms with Gasteiger partial charge in [0.15, 0.2) is 5.13 Å². The van der Waals surface area contributed by atoms with Crippen molar-refractivity contribution >= 4 is 33.3 Å². The third-order valence-corrected chi connectivity index (χ3v) is 4.58. The topological polar surface area (TPSA) is 92.4 Å². The molecule has 7 heteroatoms. The molecule has 1 amide bonds. The van der Waals surface area contributed by atoms with Crippen molar-refractivity contribution in [2.24, 2.45) is 0 Å². The molecular formula is C17H16N2O4S. The molecule has 2 aromatic heterocycles. The molecule has 2 heterocycles. The van der Waals surface area contributed by atoms with Crippen LogP contribution in [0, 0.1) is 20.8 Å². The Hall–Kier alpha value is -2.67. The minimum Gasteiger partial charge on any atom is -0.507 e. The number of thiazole rings is 1. The standard InChI is InChI=1S/C17H16N2O4S/c1-8-4-12(20)15-10(3)11(16(22)23-13(15)5-8)6-14(21)19-17-18-9(2)7-24-17/h4-5,7,20H,6H2,1-3H3,(H,18,19,21). The Morgan fingerprint density at radius 2 is 2.08 bits per heavy atom. The van der Waals surface area contributed by atoms with Crippen LogP contribution in [0.15, 0.2) is 26.7 Å². The van der Waals surface area contributed by atoms with Crippen LogP contribution in [0.3, 0.4) is 0 Å². The Morgan fingerprint density at radius 3 is 2.75 bits per heavy atom. The van der Waals surface area contributed by atoms with Crippen LogP contribution >= 0.6 is 11.3 Å². The zero-order valence-electron chi connectivity index (χ0n) is 13.5. The summed E-state index contributed by atoms with van der Waals surface area (Å²) >= 11 is 1.32. The molecule has 0 saturated heterocycles. The fraction of sp³-hybridized carbons (Fsp3) is 0.235. The predicted molar refractivity (Wildman–Crippen MR) is 92.8 cm³/mol. The van der Waals surface area contributed by atoms with E-state index in [0.717, 1.165) is 11.3 Å². The molecular weight excluding hydrogens is 328 g/mol. The Balaban J connectivity index is 1.97. The average molecular weight is 344 g/mol. The van der Waals surface area contributed by atoms with Crippen molar-refractivity contribution in [2.45, 2.75) is 27.2 Å². The van der Waals surface area contributed by atoms with Gasteiger partial charge in [-0.2, -0.15) is 0 Å². The van der Waals surface area contributed by atoms with Crippen molar-refractivity contribution in [1.29, 1.82) is 0 Å². The third-order valence-electron chi connectivity index (χ3n) is 3.71. The maximum absolute atomic E-state index is 12.2. The van der Waals surface area contributed by atoms with E-state index < -0.39 is 5.63 Å². The van der Waals surface area contributed by atoms with Crippen molar-refractivity contribution in [3.63, 3.8) is 0 Å². The second-order valence-corrected chi connectivity index (χ2v) is 6.53. The number of nitrogens with zero attached hydrogens (tertiary/aromatic N) is 1. The maximum Gasteiger partial charge on any atom is 0.340 e. The molecule has 1 aromatic carbocycles. The SMILES string of the molecule is Cc1cc(O)c2c(C)c(CC(=O)Nc3nc(C)cs3)c(=O)oc2c1. The van der Waals surface area contributed by atoms with Gasteiger partial charge in [0.2, 0.25) is 5.91 Å². The van der Waals surface area contributed by atoms with E-state index in [-0.39, 0.29) is 23.6 Å². The van der Waals surface area contributed by atoms with Crippen LogP contribution in [0.25, 0.3) is 11.0 Å². The minimum absolute atomic E-state index is 0.0310. The van der Waals surface area contributed by atoms with E-state index in [9.17, 15) is 14.7 Å². The van der Waals surface area contributed by atoms with Gasteiger partial charge in [-0.05, 0) is 44.0 Å². The number of phenols is 1. The monoisotopic (exact) mass is 344 g/mol. The maximum atomic E-state index is 12.2. The zero-order chi connectivity index (χ0) is 17.4. The number of aromatic nitrogens is 1. The van der Waals surface area contributed by atoms with Gasteiger partial charge in [-0.3, -0.25) is 4.79 Å². The van der Waals surface area contributed by atoms with Crippen molar-refractivity contribution in [3.05, 3.63) is 50.3 Å². The van der Waals surface area contributed by atoms with Crippen LogP contribution in [0.4, 0.5) is 5.13 Å². The summed E-state index contributed by atoms with van der Waals surface area (Å²) in [7, 11) is 0. The minimum atomic E-state index is -0.574. The molecule has 0 aliphatic heterocycles. The Kier molecular flexibility index (Phi) is 4.11. The number of carbonyl (C=O) groups is 1. The smallest absolute Gasteiger partial charge is 0.340 e. The Morgan fingerprint density at radius 1 is 1.33 bits per heavy atom. The second kappa shape index (κ2) is 6.09. The first-order chi connectivity index (χ1) is 11.3. The normalized spacial score (nSPS) is 11.0. The molecule has 0 unspecified atom stereocenters. The predicted octanol–water partition coefficient (Wildman–Crippen LogP) is 3.06. The van der Waals surface area contributed by atoms with Crippen LogP contribution in [0.1, 0.15) is 22.4 Å². The van der Waals surface area contributed by atoms with Gasteiger partial charge in [-0.15, -0.1) is 11.3 Å². The second-order valence-electron chi connectivity index (χ2n) is 5.67. The molecule has 6 nitrogen and oxygen atoms in total. The molecule has 0 radical (unpaired) electrons. The third kappa shape index (κ3) is 3.03. The highest BCUT2D eigenvalue weighted by atomic mass is 32.1. The van der Waals surface area contributed by atoms with E-state index in [1.807, 2.05) is 12.3 Å². The van der Waals surface area contributed by atoms with Crippen LogP contribution < -0.4 is 10.9 Å². The van der Waals surface area contributed by atoms with Gasteiger partial charge in [-0.1, -0.05) is 0 Å². The van der Waals surface area contributed by atoms with Crippen LogP contribution in [-0.4, -0.2) is 16.0 Å². The fourth-order valence-corrected chi connectivity index (χ4v) is 3.30. The average Bonchev–Trinajstić information content (AvgIpc) is 2.87. The molecule has 124 valence electrons. The fourth-order valence-electron chi connectivity index (χ4n) is 2.60. The van der Waals surface area contributed by atoms with Crippen LogP contribution in [0.2, 0.25) is 0 Å². The highest BCUT2D eigenvalue weighted by molar-refractivity contribution is 7.13. The van der Waals surface area contributed by atoms with Crippen molar-refractivity contribution < 1.29 is 14.3 Å². The van der Waals surface area contributed by atoms with Gasteiger partial charge in [0, 0.05) is 5.38 Å². The number of aromatic hydroxyl groups is 1. The lowest BCUT2D eigenvalue weighted by Gasteiger charge is -2.09. The molecule has 0 aliphatic rings. The first-order valence-corrected chi connectivity index (χ1v) is 8.21. The van der Waals surface area contributed by atoms with Gasteiger partial charge >= 0.3 is 5.63 Å². The molecule has 0 saturated carbocycles. The molecule has 0 atom stereocenters. The van der Waals surface area contributed by atoms with E-state index >= 15 is 0 Å². The number of fused-ring (bicyclic) bond motifs is 1.